The Bertz CT molecular complexity index is 289. The third-order valence-corrected chi connectivity index (χ3v) is 2.18. The number of hydrogen-bond donors (Lipinski definition) is 2. The number of nitrogens with zero attached hydrogens (tertiary/aromatic N) is 2. The van der Waals surface area contributed by atoms with Crippen molar-refractivity contribution in [1.82, 2.24) is 9.97 Å². The van der Waals surface area contributed by atoms with Crippen molar-refractivity contribution in [3.05, 3.63) is 11.3 Å². The molecule has 1 aromatic rings. The Morgan fingerprint density at radius 3 is 2.92 bits per heavy atom. The number of rotatable bonds is 3. The van der Waals surface area contributed by atoms with Gasteiger partial charge in [-0.2, -0.15) is 0 Å². The van der Waals surface area contributed by atoms with Crippen LogP contribution in [0, 0.1) is 0 Å². The van der Waals surface area contributed by atoms with Crippen LogP contribution in [0.15, 0.2) is 6.33 Å². The van der Waals surface area contributed by atoms with E-state index in [2.05, 4.69) is 29.1 Å². The molecule has 13 heavy (non-hydrogen) atoms. The molecular weight excluding hydrogens is 188 g/mol. The number of nitrogen functional groups attached to an aromatic ring is 1. The fourth-order valence-electron chi connectivity index (χ4n) is 0.820. The molecule has 72 valence electrons. The molecule has 5 heteroatoms. The van der Waals surface area contributed by atoms with Gasteiger partial charge in [0.2, 0.25) is 0 Å². The van der Waals surface area contributed by atoms with E-state index in [1.165, 1.54) is 6.33 Å². The highest BCUT2D eigenvalue weighted by molar-refractivity contribution is 6.35. The normalized spacial score (nSPS) is 12.5. The first-order valence-corrected chi connectivity index (χ1v) is 4.55. The Labute approximate surface area is 82.5 Å². The first-order valence-electron chi connectivity index (χ1n) is 4.17. The number of hydrogen-bond acceptors (Lipinski definition) is 4. The van der Waals surface area contributed by atoms with Crippen molar-refractivity contribution < 1.29 is 0 Å². The molecule has 0 amide bonds. The fourth-order valence-corrected chi connectivity index (χ4v) is 0.972. The second-order valence-corrected chi connectivity index (χ2v) is 3.25. The molecule has 3 N–H and O–H groups in total. The maximum absolute atomic E-state index is 5.88. The zero-order valence-corrected chi connectivity index (χ0v) is 8.47. The maximum Gasteiger partial charge on any atom is 0.150 e. The molecule has 0 radical (unpaired) electrons. The molecule has 0 saturated heterocycles. The lowest BCUT2D eigenvalue weighted by atomic mass is 10.2. The zero-order chi connectivity index (χ0) is 9.84. The summed E-state index contributed by atoms with van der Waals surface area (Å²) in [5, 5.41) is 3.53. The average molecular weight is 201 g/mol. The second-order valence-electron chi connectivity index (χ2n) is 2.88. The molecular formula is C8H13ClN4. The SMILES string of the molecule is CCC(C)Nc1ncnc(N)c1Cl. The third-order valence-electron chi connectivity index (χ3n) is 1.81. The summed E-state index contributed by atoms with van der Waals surface area (Å²) in [5.41, 5.74) is 5.51. The molecule has 1 unspecified atom stereocenters. The van der Waals surface area contributed by atoms with Gasteiger partial charge in [-0.1, -0.05) is 18.5 Å². The zero-order valence-electron chi connectivity index (χ0n) is 7.71. The van der Waals surface area contributed by atoms with Gasteiger partial charge in [-0.3, -0.25) is 0 Å². The van der Waals surface area contributed by atoms with Crippen LogP contribution in [0.2, 0.25) is 5.02 Å². The van der Waals surface area contributed by atoms with Gasteiger partial charge in [0, 0.05) is 6.04 Å². The molecule has 1 atom stereocenters. The monoisotopic (exact) mass is 200 g/mol. The van der Waals surface area contributed by atoms with E-state index in [-0.39, 0.29) is 0 Å². The molecule has 0 aliphatic carbocycles. The molecule has 1 aromatic heterocycles. The summed E-state index contributed by atoms with van der Waals surface area (Å²) < 4.78 is 0. The number of nitrogens with two attached hydrogens (primary N) is 1. The Morgan fingerprint density at radius 2 is 2.31 bits per heavy atom. The van der Waals surface area contributed by atoms with Crippen LogP contribution in [0.3, 0.4) is 0 Å². The quantitative estimate of drug-likeness (QED) is 0.783. The summed E-state index contributed by atoms with van der Waals surface area (Å²) in [6, 6.07) is 0.326. The van der Waals surface area contributed by atoms with Gasteiger partial charge in [0.1, 0.15) is 17.2 Å². The molecule has 0 fully saturated rings. The molecule has 4 nitrogen and oxygen atoms in total. The topological polar surface area (TPSA) is 63.8 Å². The van der Waals surface area contributed by atoms with E-state index in [0.29, 0.717) is 22.7 Å². The summed E-state index contributed by atoms with van der Waals surface area (Å²) in [7, 11) is 0. The lowest BCUT2D eigenvalue weighted by Crippen LogP contribution is -2.15. The van der Waals surface area contributed by atoms with Gasteiger partial charge in [0.25, 0.3) is 0 Å². The largest absolute Gasteiger partial charge is 0.382 e. The number of nitrogens with one attached hydrogen (secondary N) is 1. The number of halogens is 1. The first kappa shape index (κ1) is 10.1. The van der Waals surface area contributed by atoms with Gasteiger partial charge in [-0.25, -0.2) is 9.97 Å². The van der Waals surface area contributed by atoms with Crippen LogP contribution in [0.1, 0.15) is 20.3 Å². The molecule has 0 spiro atoms. The van der Waals surface area contributed by atoms with E-state index in [0.717, 1.165) is 6.42 Å². The maximum atomic E-state index is 5.88. The minimum atomic E-state index is 0.308. The molecule has 0 bridgehead atoms. The highest BCUT2D eigenvalue weighted by atomic mass is 35.5. The van der Waals surface area contributed by atoms with E-state index in [1.54, 1.807) is 0 Å². The fraction of sp³-hybridized carbons (Fsp3) is 0.500. The second kappa shape index (κ2) is 4.28. The lowest BCUT2D eigenvalue weighted by Gasteiger charge is -2.13. The van der Waals surface area contributed by atoms with Gasteiger partial charge in [-0.05, 0) is 13.3 Å². The van der Waals surface area contributed by atoms with E-state index < -0.39 is 0 Å². The van der Waals surface area contributed by atoms with Gasteiger partial charge in [0.15, 0.2) is 5.82 Å². The highest BCUT2D eigenvalue weighted by Gasteiger charge is 2.07. The van der Waals surface area contributed by atoms with E-state index in [1.807, 2.05) is 0 Å². The van der Waals surface area contributed by atoms with Gasteiger partial charge in [-0.15, -0.1) is 0 Å². The Morgan fingerprint density at radius 1 is 1.62 bits per heavy atom. The van der Waals surface area contributed by atoms with Crippen molar-refractivity contribution in [2.24, 2.45) is 0 Å². The number of anilines is 2. The predicted octanol–water partition coefficient (Wildman–Crippen LogP) is 1.92. The van der Waals surface area contributed by atoms with E-state index >= 15 is 0 Å². The van der Waals surface area contributed by atoms with Crippen LogP contribution in [0.4, 0.5) is 11.6 Å². The number of aromatic nitrogens is 2. The predicted molar refractivity (Wildman–Crippen MR) is 54.8 cm³/mol. The highest BCUT2D eigenvalue weighted by Crippen LogP contribution is 2.23. The van der Waals surface area contributed by atoms with Crippen molar-refractivity contribution in [2.75, 3.05) is 11.1 Å². The van der Waals surface area contributed by atoms with Crippen LogP contribution < -0.4 is 11.1 Å². The van der Waals surface area contributed by atoms with Gasteiger partial charge >= 0.3 is 0 Å². The summed E-state index contributed by atoms with van der Waals surface area (Å²) >= 11 is 5.88. The van der Waals surface area contributed by atoms with Crippen LogP contribution in [-0.2, 0) is 0 Å². The van der Waals surface area contributed by atoms with Crippen molar-refractivity contribution in [3.63, 3.8) is 0 Å². The Kier molecular flexibility index (Phi) is 3.31. The molecule has 1 rings (SSSR count). The molecule has 0 aliphatic heterocycles. The van der Waals surface area contributed by atoms with Crippen molar-refractivity contribution >= 4 is 23.2 Å². The molecule has 0 aliphatic rings. The summed E-state index contributed by atoms with van der Waals surface area (Å²) in [6.45, 7) is 4.13. The Balaban J connectivity index is 2.83. The molecule has 0 aromatic carbocycles. The van der Waals surface area contributed by atoms with Crippen molar-refractivity contribution in [2.45, 2.75) is 26.3 Å². The van der Waals surface area contributed by atoms with E-state index in [4.69, 9.17) is 17.3 Å². The summed E-state index contributed by atoms with van der Waals surface area (Å²) in [5.74, 6) is 0.908. The standard InChI is InChI=1S/C8H13ClN4/c1-3-5(2)13-8-6(9)7(10)11-4-12-8/h4-5H,3H2,1-2H3,(H3,10,11,12,13). The molecule has 0 saturated carbocycles. The molecule has 1 heterocycles. The minimum Gasteiger partial charge on any atom is -0.382 e. The van der Waals surface area contributed by atoms with Crippen LogP contribution in [-0.4, -0.2) is 16.0 Å². The summed E-state index contributed by atoms with van der Waals surface area (Å²) in [6.07, 6.45) is 2.40. The smallest absolute Gasteiger partial charge is 0.150 e. The third kappa shape index (κ3) is 2.45. The van der Waals surface area contributed by atoms with Crippen LogP contribution in [0.5, 0.6) is 0 Å². The minimum absolute atomic E-state index is 0.308. The summed E-state index contributed by atoms with van der Waals surface area (Å²) in [4.78, 5) is 7.76. The van der Waals surface area contributed by atoms with Crippen molar-refractivity contribution in [3.8, 4) is 0 Å². The van der Waals surface area contributed by atoms with Crippen LogP contribution >= 0.6 is 11.6 Å². The Hall–Kier alpha value is -1.03. The van der Waals surface area contributed by atoms with Crippen LogP contribution in [0.25, 0.3) is 0 Å². The lowest BCUT2D eigenvalue weighted by molar-refractivity contribution is 0.758. The first-order chi connectivity index (χ1) is 6.15. The van der Waals surface area contributed by atoms with Gasteiger partial charge < -0.3 is 11.1 Å². The average Bonchev–Trinajstić information content (AvgIpc) is 2.13. The van der Waals surface area contributed by atoms with Crippen molar-refractivity contribution in [1.29, 1.82) is 0 Å². The van der Waals surface area contributed by atoms with Gasteiger partial charge in [0.05, 0.1) is 0 Å². The van der Waals surface area contributed by atoms with E-state index in [9.17, 15) is 0 Å².